The Morgan fingerprint density at radius 3 is 2.15 bits per heavy atom. The lowest BCUT2D eigenvalue weighted by atomic mass is 10.0. The van der Waals surface area contributed by atoms with Crippen molar-refractivity contribution < 1.29 is 27.5 Å². The van der Waals surface area contributed by atoms with Crippen molar-refractivity contribution in [3.63, 3.8) is 0 Å². The van der Waals surface area contributed by atoms with Crippen molar-refractivity contribution >= 4 is 39.1 Å². The highest BCUT2D eigenvalue weighted by atomic mass is 35.5. The lowest BCUT2D eigenvalue weighted by molar-refractivity contribution is -0.140. The summed E-state index contributed by atoms with van der Waals surface area (Å²) in [6.07, 6.45) is 0.907. The maximum atomic E-state index is 14.6. The second-order valence-electron chi connectivity index (χ2n) is 11.3. The Morgan fingerprint density at radius 2 is 1.52 bits per heavy atom. The Balaban J connectivity index is 1.82. The van der Waals surface area contributed by atoms with E-state index in [0.717, 1.165) is 9.87 Å². The van der Waals surface area contributed by atoms with Crippen LogP contribution in [0.5, 0.6) is 11.5 Å². The molecule has 0 saturated carbocycles. The van der Waals surface area contributed by atoms with E-state index < -0.39 is 28.5 Å². The second kappa shape index (κ2) is 17.0. The molecule has 0 aliphatic heterocycles. The number of methoxy groups -OCH3 is 1. The highest BCUT2D eigenvalue weighted by Gasteiger charge is 2.35. The van der Waals surface area contributed by atoms with Gasteiger partial charge in [-0.25, -0.2) is 8.42 Å². The minimum atomic E-state index is -4.27. The molecule has 0 fully saturated rings. The van der Waals surface area contributed by atoms with Gasteiger partial charge in [0.15, 0.2) is 0 Å². The highest BCUT2D eigenvalue weighted by molar-refractivity contribution is 7.92. The number of benzene rings is 4. The molecule has 11 heteroatoms. The topological polar surface area (TPSA) is 105 Å². The highest BCUT2D eigenvalue weighted by Crippen LogP contribution is 2.28. The Hall–Kier alpha value is -4.54. The van der Waals surface area contributed by atoms with Gasteiger partial charge in [-0.2, -0.15) is 0 Å². The van der Waals surface area contributed by atoms with Gasteiger partial charge in [-0.05, 0) is 92.1 Å². The minimum Gasteiger partial charge on any atom is -0.497 e. The van der Waals surface area contributed by atoms with Gasteiger partial charge in [0.2, 0.25) is 11.8 Å². The number of amides is 2. The molecular formula is C37H42ClN3O6S. The van der Waals surface area contributed by atoms with Crippen LogP contribution in [-0.2, 0) is 32.6 Å². The van der Waals surface area contributed by atoms with E-state index in [9.17, 15) is 18.0 Å². The molecule has 0 aromatic heterocycles. The molecule has 4 aromatic carbocycles. The number of hydrogen-bond donors (Lipinski definition) is 1. The molecule has 0 aliphatic rings. The number of halogens is 1. The van der Waals surface area contributed by atoms with E-state index in [1.54, 1.807) is 49.6 Å². The zero-order valence-electron chi connectivity index (χ0n) is 27.6. The maximum Gasteiger partial charge on any atom is 0.264 e. The van der Waals surface area contributed by atoms with E-state index in [0.29, 0.717) is 35.1 Å². The van der Waals surface area contributed by atoms with Gasteiger partial charge >= 0.3 is 0 Å². The Labute approximate surface area is 288 Å². The fourth-order valence-electron chi connectivity index (χ4n) is 5.10. The summed E-state index contributed by atoms with van der Waals surface area (Å²) in [6, 6.07) is 27.8. The van der Waals surface area contributed by atoms with Crippen molar-refractivity contribution in [2.75, 3.05) is 24.6 Å². The van der Waals surface area contributed by atoms with Crippen LogP contribution in [0.15, 0.2) is 108 Å². The standard InChI is InChI=1S/C37H42ClN3O6S/c1-5-27(3)39-37(43)35(24-28-11-8-7-9-12-28)40(25-29-13-10-14-33(23-29)46-4)36(42)26-41(31-17-19-32(20-18-31)47-6-2)48(44,45)34-21-15-30(38)16-22-34/h7-23,27,35H,5-6,24-26H2,1-4H3,(H,39,43)/t27-,35-/m1/s1. The summed E-state index contributed by atoms with van der Waals surface area (Å²) in [4.78, 5) is 30.1. The first-order valence-corrected chi connectivity index (χ1v) is 17.6. The molecular weight excluding hydrogens is 650 g/mol. The van der Waals surface area contributed by atoms with Crippen molar-refractivity contribution in [2.45, 2.75) is 57.1 Å². The van der Waals surface area contributed by atoms with Crippen molar-refractivity contribution in [1.29, 1.82) is 0 Å². The van der Waals surface area contributed by atoms with Crippen molar-refractivity contribution in [3.8, 4) is 11.5 Å². The van der Waals surface area contributed by atoms with Crippen LogP contribution in [0, 0.1) is 0 Å². The number of ether oxygens (including phenoxy) is 2. The molecule has 48 heavy (non-hydrogen) atoms. The normalized spacial score (nSPS) is 12.4. The third-order valence-corrected chi connectivity index (χ3v) is 9.92. The summed E-state index contributed by atoms with van der Waals surface area (Å²) < 4.78 is 40.5. The smallest absolute Gasteiger partial charge is 0.264 e. The number of anilines is 1. The van der Waals surface area contributed by atoms with Gasteiger partial charge in [0.25, 0.3) is 10.0 Å². The van der Waals surface area contributed by atoms with E-state index in [1.165, 1.54) is 29.2 Å². The quantitative estimate of drug-likeness (QED) is 0.144. The fraction of sp³-hybridized carbons (Fsp3) is 0.297. The Kier molecular flexibility index (Phi) is 12.9. The molecule has 0 spiro atoms. The zero-order valence-corrected chi connectivity index (χ0v) is 29.2. The first kappa shape index (κ1) is 36.3. The van der Waals surface area contributed by atoms with Crippen LogP contribution in [0.3, 0.4) is 0 Å². The summed E-state index contributed by atoms with van der Waals surface area (Å²) in [5.41, 5.74) is 1.82. The van der Waals surface area contributed by atoms with Crippen molar-refractivity contribution in [3.05, 3.63) is 119 Å². The maximum absolute atomic E-state index is 14.6. The summed E-state index contributed by atoms with van der Waals surface area (Å²) in [6.45, 7) is 5.60. The lowest BCUT2D eigenvalue weighted by Gasteiger charge is -2.34. The molecule has 2 amide bonds. The number of rotatable bonds is 16. The molecule has 2 atom stereocenters. The van der Waals surface area contributed by atoms with Crippen LogP contribution in [0.1, 0.15) is 38.3 Å². The number of sulfonamides is 1. The first-order chi connectivity index (χ1) is 23.0. The first-order valence-electron chi connectivity index (χ1n) is 15.8. The molecule has 0 aliphatic carbocycles. The van der Waals surface area contributed by atoms with E-state index in [-0.39, 0.29) is 35.5 Å². The molecule has 1 N–H and O–H groups in total. The largest absolute Gasteiger partial charge is 0.497 e. The number of hydrogen-bond acceptors (Lipinski definition) is 6. The molecule has 0 radical (unpaired) electrons. The summed E-state index contributed by atoms with van der Waals surface area (Å²) >= 11 is 6.08. The third-order valence-electron chi connectivity index (χ3n) is 7.88. The number of carbonyl (C=O) groups is 2. The van der Waals surface area contributed by atoms with E-state index in [2.05, 4.69) is 5.32 Å². The van der Waals surface area contributed by atoms with Gasteiger partial charge in [0, 0.05) is 24.0 Å². The molecule has 0 heterocycles. The van der Waals surface area contributed by atoms with Crippen LogP contribution in [-0.4, -0.2) is 57.5 Å². The van der Waals surface area contributed by atoms with Crippen molar-refractivity contribution in [1.82, 2.24) is 10.2 Å². The molecule has 4 rings (SSSR count). The van der Waals surface area contributed by atoms with E-state index >= 15 is 0 Å². The second-order valence-corrected chi connectivity index (χ2v) is 13.6. The van der Waals surface area contributed by atoms with Gasteiger partial charge in [0.05, 0.1) is 24.3 Å². The van der Waals surface area contributed by atoms with E-state index in [4.69, 9.17) is 21.1 Å². The molecule has 0 bridgehead atoms. The molecule has 9 nitrogen and oxygen atoms in total. The number of carbonyl (C=O) groups excluding carboxylic acids is 2. The van der Waals surface area contributed by atoms with Crippen LogP contribution < -0.4 is 19.1 Å². The molecule has 254 valence electrons. The van der Waals surface area contributed by atoms with Gasteiger partial charge in [0.1, 0.15) is 24.1 Å². The lowest BCUT2D eigenvalue weighted by Crippen LogP contribution is -2.54. The SMILES string of the molecule is CCOc1ccc(N(CC(=O)N(Cc2cccc(OC)c2)[C@H](Cc2ccccc2)C(=O)N[C@H](C)CC)S(=O)(=O)c2ccc(Cl)cc2)cc1. The number of nitrogens with zero attached hydrogens (tertiary/aromatic N) is 2. The average molecular weight is 692 g/mol. The van der Waals surface area contributed by atoms with Gasteiger partial charge < -0.3 is 19.7 Å². The molecule has 0 saturated heterocycles. The fourth-order valence-corrected chi connectivity index (χ4v) is 6.64. The minimum absolute atomic E-state index is 0.0274. The van der Waals surface area contributed by atoms with E-state index in [1.807, 2.05) is 57.2 Å². The number of nitrogens with one attached hydrogen (secondary N) is 1. The Bertz CT molecular complexity index is 1750. The summed E-state index contributed by atoms with van der Waals surface area (Å²) in [5, 5.41) is 3.42. The Morgan fingerprint density at radius 1 is 0.854 bits per heavy atom. The average Bonchev–Trinajstić information content (AvgIpc) is 3.09. The zero-order chi connectivity index (χ0) is 34.7. The monoisotopic (exact) mass is 691 g/mol. The summed E-state index contributed by atoms with van der Waals surface area (Å²) in [7, 11) is -2.72. The van der Waals surface area contributed by atoms with Crippen LogP contribution in [0.25, 0.3) is 0 Å². The van der Waals surface area contributed by atoms with Crippen molar-refractivity contribution in [2.24, 2.45) is 0 Å². The van der Waals surface area contributed by atoms with Crippen LogP contribution >= 0.6 is 11.6 Å². The molecule has 0 unspecified atom stereocenters. The van der Waals surface area contributed by atoms with Crippen LogP contribution in [0.4, 0.5) is 5.69 Å². The van der Waals surface area contributed by atoms with Gasteiger partial charge in [-0.1, -0.05) is 61.0 Å². The predicted molar refractivity (Wildman–Crippen MR) is 189 cm³/mol. The van der Waals surface area contributed by atoms with Gasteiger partial charge in [-0.15, -0.1) is 0 Å². The molecule has 4 aromatic rings. The predicted octanol–water partition coefficient (Wildman–Crippen LogP) is 6.50. The summed E-state index contributed by atoms with van der Waals surface area (Å²) in [5.74, 6) is 0.243. The van der Waals surface area contributed by atoms with Crippen LogP contribution in [0.2, 0.25) is 5.02 Å². The third kappa shape index (κ3) is 9.51. The van der Waals surface area contributed by atoms with Gasteiger partial charge in [-0.3, -0.25) is 13.9 Å².